The fourth-order valence-electron chi connectivity index (χ4n) is 3.75. The van der Waals surface area contributed by atoms with Crippen molar-refractivity contribution >= 4 is 34.6 Å². The van der Waals surface area contributed by atoms with Gasteiger partial charge in [0.05, 0.1) is 12.5 Å². The van der Waals surface area contributed by atoms with E-state index in [2.05, 4.69) is 10.3 Å². The number of H-pyrrole nitrogens is 1. The molecule has 1 aromatic heterocycles. The first-order valence-corrected chi connectivity index (χ1v) is 8.85. The second-order valence-electron chi connectivity index (χ2n) is 8.02. The molecule has 1 fully saturated rings. The molecule has 2 aliphatic rings. The van der Waals surface area contributed by atoms with Crippen molar-refractivity contribution in [1.82, 2.24) is 14.8 Å². The number of amides is 4. The van der Waals surface area contributed by atoms with Crippen molar-refractivity contribution in [2.24, 2.45) is 0 Å². The Bertz CT molecular complexity index is 972. The van der Waals surface area contributed by atoms with Crippen LogP contribution >= 0.6 is 0 Å². The van der Waals surface area contributed by atoms with Gasteiger partial charge in [-0.25, -0.2) is 9.59 Å². The van der Waals surface area contributed by atoms with Crippen molar-refractivity contribution in [3.05, 3.63) is 29.5 Å². The van der Waals surface area contributed by atoms with Gasteiger partial charge in [-0.2, -0.15) is 0 Å². The number of fused-ring (bicyclic) bond motifs is 6. The van der Waals surface area contributed by atoms with E-state index in [9.17, 15) is 14.4 Å². The molecule has 1 aromatic carbocycles. The van der Waals surface area contributed by atoms with Gasteiger partial charge in [0.1, 0.15) is 5.60 Å². The summed E-state index contributed by atoms with van der Waals surface area (Å²) in [6, 6.07) is 5.21. The summed E-state index contributed by atoms with van der Waals surface area (Å²) in [6.07, 6.45) is -0.525. The van der Waals surface area contributed by atoms with Crippen LogP contribution < -0.4 is 5.32 Å². The monoisotopic (exact) mass is 370 g/mol. The highest BCUT2D eigenvalue weighted by Crippen LogP contribution is 2.39. The topological polar surface area (TPSA) is 94.7 Å². The van der Waals surface area contributed by atoms with Crippen LogP contribution in [0.5, 0.6) is 0 Å². The number of nitrogens with one attached hydrogen (secondary N) is 2. The number of carbonyl (C=O) groups excluding carboxylic acids is 3. The number of aromatic amines is 1. The number of carbonyl (C=O) groups is 3. The predicted molar refractivity (Wildman–Crippen MR) is 99.5 cm³/mol. The minimum atomic E-state index is -0.579. The van der Waals surface area contributed by atoms with E-state index in [1.807, 2.05) is 12.1 Å². The van der Waals surface area contributed by atoms with Crippen LogP contribution in [-0.4, -0.2) is 52.0 Å². The number of ether oxygens (including phenoxy) is 1. The number of nitrogens with zero attached hydrogens (tertiary/aromatic N) is 2. The summed E-state index contributed by atoms with van der Waals surface area (Å²) >= 11 is 0. The maximum Gasteiger partial charge on any atom is 0.412 e. The van der Waals surface area contributed by atoms with E-state index in [-0.39, 0.29) is 17.9 Å². The first kappa shape index (κ1) is 17.4. The van der Waals surface area contributed by atoms with E-state index in [0.29, 0.717) is 18.8 Å². The number of imide groups is 1. The normalized spacial score (nSPS) is 19.3. The highest BCUT2D eigenvalue weighted by molar-refractivity contribution is 6.04. The molecule has 1 atom stereocenters. The predicted octanol–water partition coefficient (Wildman–Crippen LogP) is 3.01. The summed E-state index contributed by atoms with van der Waals surface area (Å²) in [5.74, 6) is -0.552. The Morgan fingerprint density at radius 3 is 2.74 bits per heavy atom. The summed E-state index contributed by atoms with van der Waals surface area (Å²) in [5.41, 5.74) is 2.63. The van der Waals surface area contributed by atoms with E-state index in [0.717, 1.165) is 22.2 Å². The molecule has 0 aliphatic carbocycles. The van der Waals surface area contributed by atoms with E-state index < -0.39 is 11.7 Å². The van der Waals surface area contributed by atoms with Gasteiger partial charge in [0.15, 0.2) is 0 Å². The molecule has 4 amide bonds. The van der Waals surface area contributed by atoms with Crippen molar-refractivity contribution < 1.29 is 19.1 Å². The van der Waals surface area contributed by atoms with Crippen LogP contribution in [0.3, 0.4) is 0 Å². The second kappa shape index (κ2) is 5.73. The Kier molecular flexibility index (Phi) is 3.69. The highest BCUT2D eigenvalue weighted by Gasteiger charge is 2.43. The number of benzene rings is 1. The smallest absolute Gasteiger partial charge is 0.412 e. The summed E-state index contributed by atoms with van der Waals surface area (Å²) in [4.78, 5) is 43.0. The lowest BCUT2D eigenvalue weighted by molar-refractivity contribution is -0.132. The molecule has 0 saturated carbocycles. The van der Waals surface area contributed by atoms with Gasteiger partial charge in [-0.05, 0) is 38.5 Å². The Morgan fingerprint density at radius 1 is 1.30 bits per heavy atom. The van der Waals surface area contributed by atoms with Gasteiger partial charge >= 0.3 is 12.1 Å². The molecular formula is C19H22N4O4. The molecule has 3 heterocycles. The van der Waals surface area contributed by atoms with Gasteiger partial charge < -0.3 is 14.6 Å². The molecule has 1 saturated heterocycles. The highest BCUT2D eigenvalue weighted by atomic mass is 16.6. The van der Waals surface area contributed by atoms with Crippen molar-refractivity contribution in [2.45, 2.75) is 38.8 Å². The lowest BCUT2D eigenvalue weighted by atomic mass is 9.89. The van der Waals surface area contributed by atoms with Gasteiger partial charge in [0, 0.05) is 35.9 Å². The molecule has 4 rings (SSSR count). The second-order valence-corrected chi connectivity index (χ2v) is 8.02. The van der Waals surface area contributed by atoms with Gasteiger partial charge in [-0.15, -0.1) is 0 Å². The zero-order chi connectivity index (χ0) is 19.5. The Hall–Kier alpha value is -3.03. The van der Waals surface area contributed by atoms with Gasteiger partial charge in [-0.1, -0.05) is 6.07 Å². The largest absolute Gasteiger partial charge is 0.444 e. The van der Waals surface area contributed by atoms with E-state index >= 15 is 0 Å². The standard InChI is InChI=1S/C19H22N4O4/c1-19(2,3)27-17(25)20-10-5-6-11-13(7-10)21-14-9-23-8-12(15(11)14)16(24)22(4)18(23)26/h5-7,12,21H,8-9H2,1-4H3,(H,20,25). The number of hydrogen-bond acceptors (Lipinski definition) is 4. The molecule has 27 heavy (non-hydrogen) atoms. The number of aromatic nitrogens is 1. The molecule has 0 spiro atoms. The average molecular weight is 370 g/mol. The Labute approximate surface area is 156 Å². The van der Waals surface area contributed by atoms with Crippen LogP contribution in [0.15, 0.2) is 18.2 Å². The van der Waals surface area contributed by atoms with E-state index in [1.165, 1.54) is 11.9 Å². The van der Waals surface area contributed by atoms with Gasteiger partial charge in [0.2, 0.25) is 5.91 Å². The fraction of sp³-hybridized carbons (Fsp3) is 0.421. The van der Waals surface area contributed by atoms with E-state index in [1.54, 1.807) is 31.7 Å². The van der Waals surface area contributed by atoms with Crippen molar-refractivity contribution in [3.8, 4) is 0 Å². The van der Waals surface area contributed by atoms with Crippen molar-refractivity contribution in [1.29, 1.82) is 0 Å². The summed E-state index contributed by atoms with van der Waals surface area (Å²) < 4.78 is 5.27. The van der Waals surface area contributed by atoms with Crippen LogP contribution in [0.25, 0.3) is 10.9 Å². The fourth-order valence-corrected chi connectivity index (χ4v) is 3.75. The summed E-state index contributed by atoms with van der Waals surface area (Å²) in [6.45, 7) is 6.25. The maximum atomic E-state index is 12.6. The first-order chi connectivity index (χ1) is 12.6. The molecule has 2 bridgehead atoms. The maximum absolute atomic E-state index is 12.6. The third-order valence-electron chi connectivity index (χ3n) is 4.85. The molecule has 0 radical (unpaired) electrons. The zero-order valence-electron chi connectivity index (χ0n) is 15.8. The third-order valence-corrected chi connectivity index (χ3v) is 4.85. The van der Waals surface area contributed by atoms with Gasteiger partial charge in [0.25, 0.3) is 0 Å². The molecular weight excluding hydrogens is 348 g/mol. The molecule has 1 unspecified atom stereocenters. The number of urea groups is 1. The van der Waals surface area contributed by atoms with Crippen LogP contribution in [0.2, 0.25) is 0 Å². The molecule has 2 aliphatic heterocycles. The average Bonchev–Trinajstić information content (AvgIpc) is 2.93. The van der Waals surface area contributed by atoms with E-state index in [4.69, 9.17) is 4.74 Å². The summed E-state index contributed by atoms with van der Waals surface area (Å²) in [7, 11) is 1.52. The first-order valence-electron chi connectivity index (χ1n) is 8.85. The molecule has 142 valence electrons. The third kappa shape index (κ3) is 2.90. The number of likely N-dealkylation sites (N-methyl/N-ethyl adjacent to an activating group) is 1. The number of rotatable bonds is 1. The van der Waals surface area contributed by atoms with Crippen LogP contribution in [0.1, 0.15) is 37.9 Å². The van der Waals surface area contributed by atoms with Crippen molar-refractivity contribution in [2.75, 3.05) is 18.9 Å². The molecule has 8 nitrogen and oxygen atoms in total. The quantitative estimate of drug-likeness (QED) is 0.807. The minimum absolute atomic E-state index is 0.186. The van der Waals surface area contributed by atoms with Crippen LogP contribution in [0.4, 0.5) is 15.3 Å². The lowest BCUT2D eigenvalue weighted by Crippen LogP contribution is -2.55. The summed E-state index contributed by atoms with van der Waals surface area (Å²) in [5, 5.41) is 3.65. The zero-order valence-corrected chi connectivity index (χ0v) is 15.8. The molecule has 2 aromatic rings. The Morgan fingerprint density at radius 2 is 2.04 bits per heavy atom. The van der Waals surface area contributed by atoms with Crippen LogP contribution in [0, 0.1) is 0 Å². The number of anilines is 1. The SMILES string of the molecule is CN1C(=O)C2CN(Cc3[nH]c4cc(NC(=O)OC(C)(C)C)ccc4c32)C1=O. The number of hydrogen-bond donors (Lipinski definition) is 2. The van der Waals surface area contributed by atoms with Crippen LogP contribution in [-0.2, 0) is 16.1 Å². The van der Waals surface area contributed by atoms with Gasteiger partial charge in [-0.3, -0.25) is 15.0 Å². The molecule has 2 N–H and O–H groups in total. The minimum Gasteiger partial charge on any atom is -0.444 e. The van der Waals surface area contributed by atoms with Crippen molar-refractivity contribution in [3.63, 3.8) is 0 Å². The Balaban J connectivity index is 1.68. The lowest BCUT2D eigenvalue weighted by Gasteiger charge is -2.40. The molecule has 8 heteroatoms.